The zero-order chi connectivity index (χ0) is 20.8. The van der Waals surface area contributed by atoms with E-state index in [1.807, 2.05) is 41.8 Å². The van der Waals surface area contributed by atoms with Gasteiger partial charge in [0.15, 0.2) is 5.82 Å². The fourth-order valence-corrected chi connectivity index (χ4v) is 3.39. The van der Waals surface area contributed by atoms with E-state index in [0.717, 1.165) is 16.9 Å². The minimum Gasteiger partial charge on any atom is -0.493 e. The second-order valence-corrected chi connectivity index (χ2v) is 7.35. The Hall–Kier alpha value is -2.87. The highest BCUT2D eigenvalue weighted by molar-refractivity contribution is 5.91. The number of nitrogens with zero attached hydrogens (tertiary/aromatic N) is 3. The lowest BCUT2D eigenvalue weighted by Gasteiger charge is -2.34. The Bertz CT molecular complexity index is 836. The van der Waals surface area contributed by atoms with Gasteiger partial charge in [0.25, 0.3) is 0 Å². The first-order chi connectivity index (χ1) is 13.9. The molecule has 1 saturated heterocycles. The lowest BCUT2D eigenvalue weighted by atomic mass is 10.1. The summed E-state index contributed by atoms with van der Waals surface area (Å²) >= 11 is 0. The van der Waals surface area contributed by atoms with Gasteiger partial charge in [-0.05, 0) is 31.9 Å². The Labute approximate surface area is 170 Å². The van der Waals surface area contributed by atoms with E-state index >= 15 is 0 Å². The van der Waals surface area contributed by atoms with Crippen LogP contribution >= 0.6 is 0 Å². The maximum absolute atomic E-state index is 12.5. The maximum atomic E-state index is 12.5. The normalized spacial score (nSPS) is 14.7. The van der Waals surface area contributed by atoms with Crippen LogP contribution in [0.25, 0.3) is 0 Å². The Morgan fingerprint density at radius 3 is 2.45 bits per heavy atom. The number of para-hydroxylation sites is 1. The first kappa shape index (κ1) is 20.9. The molecule has 8 nitrogen and oxygen atoms in total. The monoisotopic (exact) mass is 400 g/mol. The number of rotatable bonds is 7. The van der Waals surface area contributed by atoms with E-state index in [1.54, 1.807) is 13.0 Å². The predicted molar refractivity (Wildman–Crippen MR) is 109 cm³/mol. The number of hydrogen-bond donors (Lipinski definition) is 1. The van der Waals surface area contributed by atoms with Crippen LogP contribution in [0.1, 0.15) is 23.3 Å². The van der Waals surface area contributed by atoms with E-state index in [4.69, 9.17) is 9.26 Å². The molecule has 2 aromatic rings. The number of anilines is 1. The summed E-state index contributed by atoms with van der Waals surface area (Å²) in [7, 11) is 0. The number of amides is 2. The summed E-state index contributed by atoms with van der Waals surface area (Å²) in [6.45, 7) is 8.95. The second kappa shape index (κ2) is 9.56. The molecule has 0 saturated carbocycles. The van der Waals surface area contributed by atoms with E-state index in [0.29, 0.717) is 50.8 Å². The Kier molecular flexibility index (Phi) is 6.87. The molecule has 1 aliphatic rings. The standard InChI is InChI=1S/C21H28N4O4/c1-15-5-4-6-16(2)21(15)28-12-7-20(27)25-10-8-24(9-11-25)14-19(26)22-18-13-17(3)29-23-18/h4-6,13H,7-12,14H2,1-3H3,(H,22,23,26). The van der Waals surface area contributed by atoms with E-state index in [1.165, 1.54) is 0 Å². The molecule has 0 unspecified atom stereocenters. The van der Waals surface area contributed by atoms with Crippen molar-refractivity contribution in [2.24, 2.45) is 0 Å². The molecular weight excluding hydrogens is 372 g/mol. The third kappa shape index (κ3) is 5.80. The van der Waals surface area contributed by atoms with Crippen molar-refractivity contribution in [1.82, 2.24) is 15.0 Å². The van der Waals surface area contributed by atoms with Crippen molar-refractivity contribution in [1.29, 1.82) is 0 Å². The van der Waals surface area contributed by atoms with Crippen molar-refractivity contribution < 1.29 is 18.8 Å². The molecule has 3 rings (SSSR count). The van der Waals surface area contributed by atoms with Crippen molar-refractivity contribution >= 4 is 17.6 Å². The van der Waals surface area contributed by atoms with Crippen LogP contribution in [0.5, 0.6) is 5.75 Å². The highest BCUT2D eigenvalue weighted by Gasteiger charge is 2.22. The zero-order valence-electron chi connectivity index (χ0n) is 17.2. The van der Waals surface area contributed by atoms with Gasteiger partial charge in [0.2, 0.25) is 11.8 Å². The fraction of sp³-hybridized carbons (Fsp3) is 0.476. The number of carbonyl (C=O) groups excluding carboxylic acids is 2. The van der Waals surface area contributed by atoms with Gasteiger partial charge in [0.05, 0.1) is 19.6 Å². The highest BCUT2D eigenvalue weighted by Crippen LogP contribution is 2.22. The molecule has 1 aliphatic heterocycles. The zero-order valence-corrected chi connectivity index (χ0v) is 17.2. The van der Waals surface area contributed by atoms with Crippen molar-refractivity contribution in [3.05, 3.63) is 41.2 Å². The molecule has 156 valence electrons. The number of nitrogens with one attached hydrogen (secondary N) is 1. The molecule has 29 heavy (non-hydrogen) atoms. The molecule has 1 fully saturated rings. The number of hydrogen-bond acceptors (Lipinski definition) is 6. The summed E-state index contributed by atoms with van der Waals surface area (Å²) in [6.07, 6.45) is 0.347. The molecule has 0 bridgehead atoms. The SMILES string of the molecule is Cc1cc(NC(=O)CN2CCN(C(=O)CCOc3c(C)cccc3C)CC2)no1. The molecule has 1 aromatic carbocycles. The van der Waals surface area contributed by atoms with Crippen LogP contribution in [0.4, 0.5) is 5.82 Å². The van der Waals surface area contributed by atoms with Crippen molar-refractivity contribution in [3.8, 4) is 5.75 Å². The second-order valence-electron chi connectivity index (χ2n) is 7.35. The Morgan fingerprint density at radius 2 is 1.83 bits per heavy atom. The van der Waals surface area contributed by atoms with Gasteiger partial charge in [0.1, 0.15) is 11.5 Å². The van der Waals surface area contributed by atoms with Gasteiger partial charge in [-0.1, -0.05) is 23.4 Å². The summed E-state index contributed by atoms with van der Waals surface area (Å²) in [6, 6.07) is 7.68. The van der Waals surface area contributed by atoms with Crippen molar-refractivity contribution in [3.63, 3.8) is 0 Å². The van der Waals surface area contributed by atoms with Crippen molar-refractivity contribution in [2.45, 2.75) is 27.2 Å². The largest absolute Gasteiger partial charge is 0.493 e. The van der Waals surface area contributed by atoms with Crippen molar-refractivity contribution in [2.75, 3.05) is 44.6 Å². The van der Waals surface area contributed by atoms with Crippen LogP contribution in [-0.4, -0.2) is 66.1 Å². The first-order valence-electron chi connectivity index (χ1n) is 9.84. The average molecular weight is 400 g/mol. The maximum Gasteiger partial charge on any atom is 0.239 e. The minimum absolute atomic E-state index is 0.0819. The summed E-state index contributed by atoms with van der Waals surface area (Å²) in [5.74, 6) is 1.87. The number of aromatic nitrogens is 1. The van der Waals surface area contributed by atoms with Crippen LogP contribution in [0.2, 0.25) is 0 Å². The number of piperazine rings is 1. The molecule has 2 heterocycles. The van der Waals surface area contributed by atoms with E-state index in [-0.39, 0.29) is 18.4 Å². The third-order valence-corrected chi connectivity index (χ3v) is 4.96. The molecule has 0 aliphatic carbocycles. The minimum atomic E-state index is -0.139. The number of ether oxygens (including phenoxy) is 1. The topological polar surface area (TPSA) is 87.9 Å². The summed E-state index contributed by atoms with van der Waals surface area (Å²) in [5, 5.41) is 6.47. The molecule has 0 spiro atoms. The number of carbonyl (C=O) groups is 2. The first-order valence-corrected chi connectivity index (χ1v) is 9.84. The molecular formula is C21H28N4O4. The molecule has 0 radical (unpaired) electrons. The molecule has 2 amide bonds. The smallest absolute Gasteiger partial charge is 0.239 e. The average Bonchev–Trinajstić information content (AvgIpc) is 3.09. The van der Waals surface area contributed by atoms with Crippen LogP contribution in [0.15, 0.2) is 28.8 Å². The molecule has 1 aromatic heterocycles. The van der Waals surface area contributed by atoms with Gasteiger partial charge in [-0.25, -0.2) is 0 Å². The summed E-state index contributed by atoms with van der Waals surface area (Å²) < 4.78 is 10.8. The highest BCUT2D eigenvalue weighted by atomic mass is 16.5. The molecule has 1 N–H and O–H groups in total. The lowest BCUT2D eigenvalue weighted by molar-refractivity contribution is -0.133. The van der Waals surface area contributed by atoms with Gasteiger partial charge in [-0.2, -0.15) is 0 Å². The molecule has 8 heteroatoms. The van der Waals surface area contributed by atoms with Crippen LogP contribution in [0.3, 0.4) is 0 Å². The van der Waals surface area contributed by atoms with Gasteiger partial charge in [0, 0.05) is 32.2 Å². The van der Waals surface area contributed by atoms with Gasteiger partial charge < -0.3 is 19.5 Å². The van der Waals surface area contributed by atoms with Crippen LogP contribution in [-0.2, 0) is 9.59 Å². The Balaban J connectivity index is 1.37. The van der Waals surface area contributed by atoms with Gasteiger partial charge in [-0.3, -0.25) is 14.5 Å². The number of aryl methyl sites for hydroxylation is 3. The lowest BCUT2D eigenvalue weighted by Crippen LogP contribution is -2.50. The van der Waals surface area contributed by atoms with E-state index in [9.17, 15) is 9.59 Å². The van der Waals surface area contributed by atoms with Gasteiger partial charge >= 0.3 is 0 Å². The van der Waals surface area contributed by atoms with Crippen LogP contribution < -0.4 is 10.1 Å². The van der Waals surface area contributed by atoms with Crippen LogP contribution in [0, 0.1) is 20.8 Å². The fourth-order valence-electron chi connectivity index (χ4n) is 3.39. The van der Waals surface area contributed by atoms with E-state index in [2.05, 4.69) is 10.5 Å². The van der Waals surface area contributed by atoms with E-state index < -0.39 is 0 Å². The predicted octanol–water partition coefficient (Wildman–Crippen LogP) is 2.15. The summed E-state index contributed by atoms with van der Waals surface area (Å²) in [4.78, 5) is 28.4. The third-order valence-electron chi connectivity index (χ3n) is 4.96. The molecule has 0 atom stereocenters. The Morgan fingerprint density at radius 1 is 1.14 bits per heavy atom. The number of benzene rings is 1. The quantitative estimate of drug-likeness (QED) is 0.766. The summed E-state index contributed by atoms with van der Waals surface area (Å²) in [5.41, 5.74) is 2.15. The van der Waals surface area contributed by atoms with Gasteiger partial charge in [-0.15, -0.1) is 0 Å².